The van der Waals surface area contributed by atoms with E-state index in [0.717, 1.165) is 11.3 Å². The van der Waals surface area contributed by atoms with Crippen LogP contribution in [0.25, 0.3) is 0 Å². The predicted molar refractivity (Wildman–Crippen MR) is 53.1 cm³/mol. The molecule has 2 saturated carbocycles. The quantitative estimate of drug-likeness (QED) is 0.581. The lowest BCUT2D eigenvalue weighted by Crippen LogP contribution is -2.07. The van der Waals surface area contributed by atoms with Gasteiger partial charge in [-0.1, -0.05) is 20.8 Å². The van der Waals surface area contributed by atoms with Crippen LogP contribution in [-0.2, 0) is 0 Å². The van der Waals surface area contributed by atoms with Gasteiger partial charge in [0, 0.05) is 0 Å². The van der Waals surface area contributed by atoms with Crippen molar-refractivity contribution in [2.24, 2.45) is 16.7 Å². The van der Waals surface area contributed by atoms with Crippen LogP contribution in [-0.4, -0.2) is 0 Å². The Labute approximate surface area is 76.7 Å². The molecule has 0 N–H and O–H groups in total. The van der Waals surface area contributed by atoms with Crippen molar-refractivity contribution in [1.82, 2.24) is 0 Å². The zero-order valence-corrected chi connectivity index (χ0v) is 8.82. The summed E-state index contributed by atoms with van der Waals surface area (Å²) in [5, 5.41) is 0. The molecule has 70 valence electrons. The second-order valence-electron chi connectivity index (χ2n) is 6.29. The van der Waals surface area contributed by atoms with E-state index >= 15 is 0 Å². The second kappa shape index (κ2) is 2.49. The molecular formula is C12H22. The summed E-state index contributed by atoms with van der Waals surface area (Å²) in [4.78, 5) is 0. The standard InChI is InChI=1S/C12H22/c1-11(2)5-4-10(8-11)9-12(3)6-7-12/h10H,4-9H2,1-3H3. The van der Waals surface area contributed by atoms with Gasteiger partial charge in [-0.15, -0.1) is 0 Å². The lowest BCUT2D eigenvalue weighted by atomic mass is 9.87. The fourth-order valence-electron chi connectivity index (χ4n) is 2.87. The largest absolute Gasteiger partial charge is 0.0599 e. The third kappa shape index (κ3) is 1.84. The van der Waals surface area contributed by atoms with Gasteiger partial charge >= 0.3 is 0 Å². The highest BCUT2D eigenvalue weighted by molar-refractivity contribution is 4.93. The Morgan fingerprint density at radius 1 is 1.08 bits per heavy atom. The molecule has 0 radical (unpaired) electrons. The summed E-state index contributed by atoms with van der Waals surface area (Å²) in [6.45, 7) is 7.34. The fourth-order valence-corrected chi connectivity index (χ4v) is 2.87. The fraction of sp³-hybridized carbons (Fsp3) is 1.00. The molecule has 12 heavy (non-hydrogen) atoms. The summed E-state index contributed by atoms with van der Waals surface area (Å²) in [5.41, 5.74) is 1.45. The van der Waals surface area contributed by atoms with Crippen LogP contribution in [0.5, 0.6) is 0 Å². The van der Waals surface area contributed by atoms with Crippen LogP contribution in [0.15, 0.2) is 0 Å². The minimum absolute atomic E-state index is 0.663. The summed E-state index contributed by atoms with van der Waals surface area (Å²) in [5.74, 6) is 1.06. The number of hydrogen-bond donors (Lipinski definition) is 0. The molecule has 0 amide bonds. The van der Waals surface area contributed by atoms with Crippen molar-refractivity contribution in [1.29, 1.82) is 0 Å². The first kappa shape index (κ1) is 8.59. The van der Waals surface area contributed by atoms with Crippen molar-refractivity contribution < 1.29 is 0 Å². The monoisotopic (exact) mass is 166 g/mol. The minimum Gasteiger partial charge on any atom is -0.0599 e. The molecule has 0 bridgehead atoms. The highest BCUT2D eigenvalue weighted by Gasteiger charge is 2.42. The predicted octanol–water partition coefficient (Wildman–Crippen LogP) is 4.00. The molecule has 2 rings (SSSR count). The van der Waals surface area contributed by atoms with Gasteiger partial charge in [0.25, 0.3) is 0 Å². The molecule has 0 nitrogen and oxygen atoms in total. The van der Waals surface area contributed by atoms with Crippen LogP contribution < -0.4 is 0 Å². The van der Waals surface area contributed by atoms with Gasteiger partial charge in [-0.05, 0) is 55.3 Å². The van der Waals surface area contributed by atoms with Crippen molar-refractivity contribution in [3.8, 4) is 0 Å². The van der Waals surface area contributed by atoms with Gasteiger partial charge in [0.1, 0.15) is 0 Å². The lowest BCUT2D eigenvalue weighted by molar-refractivity contribution is 0.324. The van der Waals surface area contributed by atoms with Crippen LogP contribution in [0.3, 0.4) is 0 Å². The Bertz CT molecular complexity index is 174. The highest BCUT2D eigenvalue weighted by atomic mass is 14.5. The second-order valence-corrected chi connectivity index (χ2v) is 6.29. The smallest absolute Gasteiger partial charge is 0.0323 e. The van der Waals surface area contributed by atoms with E-state index in [9.17, 15) is 0 Å². The average molecular weight is 166 g/mol. The first-order valence-electron chi connectivity index (χ1n) is 5.49. The Kier molecular flexibility index (Phi) is 1.79. The van der Waals surface area contributed by atoms with Crippen molar-refractivity contribution in [3.63, 3.8) is 0 Å². The summed E-state index contributed by atoms with van der Waals surface area (Å²) in [6.07, 6.45) is 8.99. The van der Waals surface area contributed by atoms with Gasteiger partial charge in [-0.3, -0.25) is 0 Å². The maximum absolute atomic E-state index is 2.47. The Hall–Kier alpha value is 0. The number of rotatable bonds is 2. The molecule has 0 aromatic carbocycles. The van der Waals surface area contributed by atoms with Gasteiger partial charge < -0.3 is 0 Å². The normalized spacial score (nSPS) is 36.8. The summed E-state index contributed by atoms with van der Waals surface area (Å²) >= 11 is 0. The van der Waals surface area contributed by atoms with Crippen LogP contribution >= 0.6 is 0 Å². The van der Waals surface area contributed by atoms with E-state index in [2.05, 4.69) is 20.8 Å². The van der Waals surface area contributed by atoms with Gasteiger partial charge in [-0.25, -0.2) is 0 Å². The summed E-state index contributed by atoms with van der Waals surface area (Å²) in [7, 11) is 0. The molecule has 0 aromatic rings. The highest BCUT2D eigenvalue weighted by Crippen LogP contribution is 2.54. The first-order chi connectivity index (χ1) is 5.49. The van der Waals surface area contributed by atoms with Crippen LogP contribution in [0, 0.1) is 16.7 Å². The molecule has 0 aromatic heterocycles. The van der Waals surface area contributed by atoms with Crippen molar-refractivity contribution in [3.05, 3.63) is 0 Å². The van der Waals surface area contributed by atoms with E-state index in [-0.39, 0.29) is 0 Å². The third-order valence-electron chi connectivity index (χ3n) is 3.96. The van der Waals surface area contributed by atoms with Gasteiger partial charge in [0.2, 0.25) is 0 Å². The molecule has 0 heterocycles. The van der Waals surface area contributed by atoms with E-state index in [1.807, 2.05) is 0 Å². The van der Waals surface area contributed by atoms with E-state index in [0.29, 0.717) is 5.41 Å². The molecule has 2 aliphatic rings. The average Bonchev–Trinajstić information content (AvgIpc) is 2.53. The van der Waals surface area contributed by atoms with E-state index in [1.54, 1.807) is 0 Å². The zero-order chi connectivity index (χ0) is 8.82. The molecule has 2 aliphatic carbocycles. The Morgan fingerprint density at radius 3 is 2.17 bits per heavy atom. The van der Waals surface area contributed by atoms with Crippen molar-refractivity contribution in [2.75, 3.05) is 0 Å². The Morgan fingerprint density at radius 2 is 1.75 bits per heavy atom. The molecule has 0 aliphatic heterocycles. The van der Waals surface area contributed by atoms with Gasteiger partial charge in [0.05, 0.1) is 0 Å². The van der Waals surface area contributed by atoms with Gasteiger partial charge in [-0.2, -0.15) is 0 Å². The third-order valence-corrected chi connectivity index (χ3v) is 3.96. The van der Waals surface area contributed by atoms with Crippen LogP contribution in [0.1, 0.15) is 59.3 Å². The van der Waals surface area contributed by atoms with Crippen molar-refractivity contribution in [2.45, 2.75) is 59.3 Å². The first-order valence-corrected chi connectivity index (χ1v) is 5.49. The van der Waals surface area contributed by atoms with E-state index in [4.69, 9.17) is 0 Å². The van der Waals surface area contributed by atoms with Crippen molar-refractivity contribution >= 4 is 0 Å². The number of hydrogen-bond acceptors (Lipinski definition) is 0. The molecular weight excluding hydrogens is 144 g/mol. The topological polar surface area (TPSA) is 0 Å². The minimum atomic E-state index is 0.663. The lowest BCUT2D eigenvalue weighted by Gasteiger charge is -2.19. The van der Waals surface area contributed by atoms with Crippen LogP contribution in [0.4, 0.5) is 0 Å². The van der Waals surface area contributed by atoms with E-state index in [1.165, 1.54) is 38.5 Å². The molecule has 0 heteroatoms. The molecule has 2 fully saturated rings. The maximum Gasteiger partial charge on any atom is -0.0323 e. The Balaban J connectivity index is 1.84. The molecule has 1 unspecified atom stereocenters. The van der Waals surface area contributed by atoms with E-state index < -0.39 is 0 Å². The summed E-state index contributed by atoms with van der Waals surface area (Å²) < 4.78 is 0. The SMILES string of the molecule is CC1(C)CCC(CC2(C)CC2)C1. The zero-order valence-electron chi connectivity index (χ0n) is 8.82. The maximum atomic E-state index is 2.47. The summed E-state index contributed by atoms with van der Waals surface area (Å²) in [6, 6.07) is 0. The molecule has 0 saturated heterocycles. The molecule has 1 atom stereocenters. The molecule has 0 spiro atoms. The van der Waals surface area contributed by atoms with Crippen LogP contribution in [0.2, 0.25) is 0 Å². The van der Waals surface area contributed by atoms with Gasteiger partial charge in [0.15, 0.2) is 0 Å².